The van der Waals surface area contributed by atoms with E-state index in [1.165, 1.54) is 0 Å². The molecule has 3 aromatic carbocycles. The molecule has 39 heavy (non-hydrogen) atoms. The van der Waals surface area contributed by atoms with E-state index in [0.29, 0.717) is 17.9 Å². The number of aliphatic hydroxyl groups excluding tert-OH is 1. The SMILES string of the molecule is CC1C(CSc2nncn2C)OC(c2ccc(CNC(=O)c3ccccc3)cc2)OC1c1ccc(CO)cc1. The summed E-state index contributed by atoms with van der Waals surface area (Å²) in [4.78, 5) is 12.4. The van der Waals surface area contributed by atoms with Crippen LogP contribution in [0.2, 0.25) is 0 Å². The first-order valence-corrected chi connectivity index (χ1v) is 13.9. The number of hydrogen-bond acceptors (Lipinski definition) is 7. The number of carbonyl (C=O) groups excluding carboxylic acids is 1. The van der Waals surface area contributed by atoms with Crippen molar-refractivity contribution >= 4 is 17.7 Å². The monoisotopic (exact) mass is 544 g/mol. The second-order valence-corrected chi connectivity index (χ2v) is 10.6. The van der Waals surface area contributed by atoms with Crippen LogP contribution in [-0.2, 0) is 29.7 Å². The predicted molar refractivity (Wildman–Crippen MR) is 149 cm³/mol. The van der Waals surface area contributed by atoms with Gasteiger partial charge in [0.2, 0.25) is 0 Å². The lowest BCUT2D eigenvalue weighted by molar-refractivity contribution is -0.268. The van der Waals surface area contributed by atoms with Gasteiger partial charge in [-0.2, -0.15) is 0 Å². The van der Waals surface area contributed by atoms with Crippen LogP contribution in [0.5, 0.6) is 0 Å². The van der Waals surface area contributed by atoms with E-state index in [1.54, 1.807) is 30.2 Å². The topological polar surface area (TPSA) is 98.5 Å². The number of aliphatic hydroxyl groups is 1. The fraction of sp³-hybridized carbons (Fsp3) is 0.300. The summed E-state index contributed by atoms with van der Waals surface area (Å²) in [6.45, 7) is 2.57. The van der Waals surface area contributed by atoms with Crippen LogP contribution < -0.4 is 5.32 Å². The Morgan fingerprint density at radius 1 is 0.974 bits per heavy atom. The zero-order valence-electron chi connectivity index (χ0n) is 21.9. The summed E-state index contributed by atoms with van der Waals surface area (Å²) in [5.74, 6) is 0.669. The summed E-state index contributed by atoms with van der Waals surface area (Å²) in [6, 6.07) is 25.0. The largest absolute Gasteiger partial charge is 0.392 e. The van der Waals surface area contributed by atoms with E-state index in [9.17, 15) is 9.90 Å². The molecule has 1 saturated heterocycles. The highest BCUT2D eigenvalue weighted by molar-refractivity contribution is 7.99. The second kappa shape index (κ2) is 12.6. The normalized spacial score (nSPS) is 21.0. The number of aryl methyl sites for hydroxylation is 1. The summed E-state index contributed by atoms with van der Waals surface area (Å²) in [5, 5.41) is 21.4. The first kappa shape index (κ1) is 27.1. The Bertz CT molecular complexity index is 1360. The highest BCUT2D eigenvalue weighted by Gasteiger charge is 2.38. The molecule has 5 rings (SSSR count). The lowest BCUT2D eigenvalue weighted by Crippen LogP contribution is -2.38. The molecule has 2 heterocycles. The molecule has 2 N–H and O–H groups in total. The van der Waals surface area contributed by atoms with E-state index < -0.39 is 6.29 Å². The average Bonchev–Trinajstić information content (AvgIpc) is 3.40. The van der Waals surface area contributed by atoms with E-state index in [4.69, 9.17) is 9.47 Å². The number of ether oxygens (including phenoxy) is 2. The van der Waals surface area contributed by atoms with E-state index in [1.807, 2.05) is 78.3 Å². The molecule has 1 aromatic heterocycles. The molecule has 1 amide bonds. The highest BCUT2D eigenvalue weighted by Crippen LogP contribution is 2.42. The van der Waals surface area contributed by atoms with Crippen LogP contribution in [0.4, 0.5) is 0 Å². The Hall–Kier alpha value is -3.50. The van der Waals surface area contributed by atoms with Crippen LogP contribution in [0.25, 0.3) is 0 Å². The molecule has 4 unspecified atom stereocenters. The molecule has 1 aliphatic heterocycles. The van der Waals surface area contributed by atoms with Crippen molar-refractivity contribution in [3.8, 4) is 0 Å². The van der Waals surface area contributed by atoms with Crippen molar-refractivity contribution in [2.24, 2.45) is 13.0 Å². The molecular weight excluding hydrogens is 512 g/mol. The minimum Gasteiger partial charge on any atom is -0.392 e. The summed E-state index contributed by atoms with van der Waals surface area (Å²) >= 11 is 1.61. The molecule has 0 aliphatic carbocycles. The number of benzene rings is 3. The number of rotatable bonds is 9. The molecule has 0 radical (unpaired) electrons. The van der Waals surface area contributed by atoms with Gasteiger partial charge in [-0.25, -0.2) is 0 Å². The molecule has 0 spiro atoms. The Kier molecular flexibility index (Phi) is 8.73. The van der Waals surface area contributed by atoms with Gasteiger partial charge in [0.15, 0.2) is 11.4 Å². The van der Waals surface area contributed by atoms with Crippen LogP contribution >= 0.6 is 11.8 Å². The molecule has 202 valence electrons. The van der Waals surface area contributed by atoms with Gasteiger partial charge in [-0.15, -0.1) is 10.2 Å². The van der Waals surface area contributed by atoms with Gasteiger partial charge in [0.25, 0.3) is 5.91 Å². The van der Waals surface area contributed by atoms with Crippen LogP contribution in [0, 0.1) is 5.92 Å². The average molecular weight is 545 g/mol. The fourth-order valence-electron chi connectivity index (χ4n) is 4.54. The minimum atomic E-state index is -0.554. The Balaban J connectivity index is 1.30. The van der Waals surface area contributed by atoms with Crippen LogP contribution in [0.3, 0.4) is 0 Å². The van der Waals surface area contributed by atoms with Gasteiger partial charge in [0, 0.05) is 36.4 Å². The third-order valence-electron chi connectivity index (χ3n) is 6.91. The molecule has 9 heteroatoms. The number of thioether (sulfide) groups is 1. The zero-order valence-corrected chi connectivity index (χ0v) is 22.8. The van der Waals surface area contributed by atoms with Crippen molar-refractivity contribution in [3.05, 3.63) is 113 Å². The van der Waals surface area contributed by atoms with Gasteiger partial charge in [0.05, 0.1) is 18.8 Å². The van der Waals surface area contributed by atoms with Gasteiger partial charge < -0.3 is 24.5 Å². The van der Waals surface area contributed by atoms with Crippen molar-refractivity contribution in [1.82, 2.24) is 20.1 Å². The molecule has 4 aromatic rings. The predicted octanol–water partition coefficient (Wildman–Crippen LogP) is 4.82. The van der Waals surface area contributed by atoms with Crippen LogP contribution in [0.15, 0.2) is 90.3 Å². The summed E-state index contributed by atoms with van der Waals surface area (Å²) < 4.78 is 14.9. The van der Waals surface area contributed by atoms with Gasteiger partial charge >= 0.3 is 0 Å². The summed E-state index contributed by atoms with van der Waals surface area (Å²) in [7, 11) is 1.93. The zero-order chi connectivity index (χ0) is 27.2. The second-order valence-electron chi connectivity index (χ2n) is 9.65. The number of amides is 1. The summed E-state index contributed by atoms with van der Waals surface area (Å²) in [6.07, 6.45) is 0.848. The number of carbonyl (C=O) groups is 1. The molecule has 0 bridgehead atoms. The third kappa shape index (κ3) is 6.57. The molecule has 8 nitrogen and oxygen atoms in total. The smallest absolute Gasteiger partial charge is 0.251 e. The molecule has 4 atom stereocenters. The van der Waals surface area contributed by atoms with Gasteiger partial charge in [-0.05, 0) is 28.8 Å². The Labute approximate surface area is 232 Å². The highest BCUT2D eigenvalue weighted by atomic mass is 32.2. The van der Waals surface area contributed by atoms with Gasteiger partial charge in [0.1, 0.15) is 6.33 Å². The van der Waals surface area contributed by atoms with E-state index >= 15 is 0 Å². The van der Waals surface area contributed by atoms with Crippen molar-refractivity contribution in [2.75, 3.05) is 5.75 Å². The molecule has 1 aliphatic rings. The Morgan fingerprint density at radius 2 is 1.67 bits per heavy atom. The van der Waals surface area contributed by atoms with Crippen molar-refractivity contribution in [3.63, 3.8) is 0 Å². The maximum Gasteiger partial charge on any atom is 0.251 e. The quantitative estimate of drug-likeness (QED) is 0.292. The van der Waals surface area contributed by atoms with Crippen LogP contribution in [-0.4, -0.2) is 37.6 Å². The Morgan fingerprint density at radius 3 is 2.33 bits per heavy atom. The molecular formula is C30H32N4O4S. The lowest BCUT2D eigenvalue weighted by atomic mass is 9.91. The molecule has 0 saturated carbocycles. The van der Waals surface area contributed by atoms with Crippen LogP contribution in [0.1, 0.15) is 51.9 Å². The number of nitrogens with zero attached hydrogens (tertiary/aromatic N) is 3. The van der Waals surface area contributed by atoms with E-state index in [0.717, 1.165) is 27.4 Å². The first-order chi connectivity index (χ1) is 19.0. The number of nitrogens with one attached hydrogen (secondary N) is 1. The lowest BCUT2D eigenvalue weighted by Gasteiger charge is -2.41. The summed E-state index contributed by atoms with van der Waals surface area (Å²) in [5.41, 5.74) is 4.43. The standard InChI is InChI=1S/C30H32N4O4S/c1-20-26(18-39-30-33-32-19-34(30)2)37-29(38-27(20)23-12-10-22(17-35)11-13-23)25-14-8-21(9-15-25)16-31-28(36)24-6-4-3-5-7-24/h3-15,19-20,26-27,29,35H,16-18H2,1-2H3,(H,31,36). The first-order valence-electron chi connectivity index (χ1n) is 12.9. The van der Waals surface area contributed by atoms with Crippen molar-refractivity contribution in [1.29, 1.82) is 0 Å². The molecule has 1 fully saturated rings. The maximum atomic E-state index is 12.4. The number of aromatic nitrogens is 3. The minimum absolute atomic E-state index is 0.00219. The fourth-order valence-corrected chi connectivity index (χ4v) is 5.59. The van der Waals surface area contributed by atoms with Gasteiger partial charge in [-0.3, -0.25) is 4.79 Å². The van der Waals surface area contributed by atoms with E-state index in [-0.39, 0.29) is 30.6 Å². The van der Waals surface area contributed by atoms with Gasteiger partial charge in [-0.1, -0.05) is 85.4 Å². The van der Waals surface area contributed by atoms with Crippen molar-refractivity contribution in [2.45, 2.75) is 43.7 Å². The third-order valence-corrected chi connectivity index (χ3v) is 8.03. The maximum absolute atomic E-state index is 12.4. The van der Waals surface area contributed by atoms with Crippen molar-refractivity contribution < 1.29 is 19.4 Å². The number of hydrogen-bond donors (Lipinski definition) is 2. The van der Waals surface area contributed by atoms with E-state index in [2.05, 4.69) is 22.4 Å².